The van der Waals surface area contributed by atoms with Crippen LogP contribution in [0.5, 0.6) is 0 Å². The van der Waals surface area contributed by atoms with Gasteiger partial charge >= 0.3 is 6.18 Å². The Morgan fingerprint density at radius 3 is 2.58 bits per heavy atom. The van der Waals surface area contributed by atoms with Crippen LogP contribution in [0.25, 0.3) is 0 Å². The second kappa shape index (κ2) is 6.47. The topological polar surface area (TPSA) is 20.3 Å². The smallest absolute Gasteiger partial charge is 0.322 e. The summed E-state index contributed by atoms with van der Waals surface area (Å²) >= 11 is 1.46. The van der Waals surface area contributed by atoms with E-state index in [2.05, 4.69) is 0 Å². The summed E-state index contributed by atoms with van der Waals surface area (Å²) in [5.41, 5.74) is -0.256. The van der Waals surface area contributed by atoms with Gasteiger partial charge in [0, 0.05) is 17.9 Å². The van der Waals surface area contributed by atoms with Gasteiger partial charge in [0.25, 0.3) is 5.91 Å². The average Bonchev–Trinajstić information content (AvgIpc) is 3.03. The molecule has 2 aromatic carbocycles. The second-order valence-corrected chi connectivity index (χ2v) is 6.54. The van der Waals surface area contributed by atoms with Crippen molar-refractivity contribution < 1.29 is 22.4 Å². The van der Waals surface area contributed by atoms with Crippen LogP contribution in [0, 0.1) is 5.82 Å². The lowest BCUT2D eigenvalue weighted by atomic mass is 10.1. The molecule has 0 saturated carbocycles. The molecular formula is C17H13F4NOS. The number of alkyl halides is 3. The van der Waals surface area contributed by atoms with E-state index in [4.69, 9.17) is 0 Å². The Bertz CT molecular complexity index is 762. The minimum atomic E-state index is -4.50. The van der Waals surface area contributed by atoms with Gasteiger partial charge in [-0.3, -0.25) is 4.79 Å². The van der Waals surface area contributed by atoms with Crippen molar-refractivity contribution in [3.63, 3.8) is 0 Å². The summed E-state index contributed by atoms with van der Waals surface area (Å²) in [4.78, 5) is 14.1. The van der Waals surface area contributed by atoms with Crippen molar-refractivity contribution in [1.29, 1.82) is 0 Å². The van der Waals surface area contributed by atoms with Crippen LogP contribution in [0.15, 0.2) is 48.5 Å². The Labute approximate surface area is 140 Å². The summed E-state index contributed by atoms with van der Waals surface area (Å²) in [6, 6.07) is 10.3. The number of carbonyl (C=O) groups is 1. The highest BCUT2D eigenvalue weighted by Crippen LogP contribution is 2.39. The van der Waals surface area contributed by atoms with E-state index in [0.29, 0.717) is 17.9 Å². The van der Waals surface area contributed by atoms with Crippen molar-refractivity contribution in [3.8, 4) is 0 Å². The first-order valence-electron chi connectivity index (χ1n) is 7.21. The molecule has 1 saturated heterocycles. The molecule has 1 heterocycles. The van der Waals surface area contributed by atoms with Crippen molar-refractivity contribution in [2.45, 2.75) is 11.6 Å². The number of benzene rings is 2. The number of thioether (sulfide) groups is 1. The van der Waals surface area contributed by atoms with Gasteiger partial charge in [-0.15, -0.1) is 11.8 Å². The average molecular weight is 355 g/mol. The fourth-order valence-electron chi connectivity index (χ4n) is 2.61. The SMILES string of the molecule is O=C(c1cccc(C(F)(F)F)c1)N1CCSC1c1cccc(F)c1. The van der Waals surface area contributed by atoms with Gasteiger partial charge in [-0.25, -0.2) is 4.39 Å². The molecule has 0 bridgehead atoms. The molecule has 0 aromatic heterocycles. The molecule has 1 fully saturated rings. The van der Waals surface area contributed by atoms with Crippen LogP contribution in [0.4, 0.5) is 17.6 Å². The van der Waals surface area contributed by atoms with Crippen LogP contribution in [0.1, 0.15) is 26.9 Å². The standard InChI is InChI=1S/C17H13F4NOS/c18-14-6-2-4-12(10-14)16-22(7-8-24-16)15(23)11-3-1-5-13(9-11)17(19,20)21/h1-6,9-10,16H,7-8H2. The number of nitrogens with zero attached hydrogens (tertiary/aromatic N) is 1. The molecule has 1 unspecified atom stereocenters. The minimum absolute atomic E-state index is 0.0197. The van der Waals surface area contributed by atoms with Crippen LogP contribution in [0.3, 0.4) is 0 Å². The van der Waals surface area contributed by atoms with Gasteiger partial charge < -0.3 is 4.90 Å². The summed E-state index contributed by atoms with van der Waals surface area (Å²) < 4.78 is 51.9. The summed E-state index contributed by atoms with van der Waals surface area (Å²) in [5, 5.41) is -0.400. The maximum atomic E-state index is 13.4. The lowest BCUT2D eigenvalue weighted by molar-refractivity contribution is -0.137. The Hall–Kier alpha value is -2.02. The molecule has 1 amide bonds. The van der Waals surface area contributed by atoms with E-state index in [0.717, 1.165) is 12.1 Å². The first-order chi connectivity index (χ1) is 11.4. The molecule has 0 radical (unpaired) electrons. The Kier molecular flexibility index (Phi) is 4.54. The van der Waals surface area contributed by atoms with Crippen molar-refractivity contribution in [2.24, 2.45) is 0 Å². The number of hydrogen-bond acceptors (Lipinski definition) is 2. The summed E-state index contributed by atoms with van der Waals surface area (Å²) in [7, 11) is 0. The quantitative estimate of drug-likeness (QED) is 0.726. The third-order valence-electron chi connectivity index (χ3n) is 3.72. The number of amides is 1. The molecule has 2 aromatic rings. The minimum Gasteiger partial charge on any atom is -0.322 e. The van der Waals surface area contributed by atoms with Crippen molar-refractivity contribution in [1.82, 2.24) is 4.90 Å². The molecular weight excluding hydrogens is 342 g/mol. The molecule has 0 N–H and O–H groups in total. The Balaban J connectivity index is 1.89. The van der Waals surface area contributed by atoms with Crippen molar-refractivity contribution in [3.05, 3.63) is 71.0 Å². The van der Waals surface area contributed by atoms with Crippen LogP contribution in [-0.4, -0.2) is 23.1 Å². The molecule has 3 rings (SSSR count). The molecule has 1 aliphatic heterocycles. The van der Waals surface area contributed by atoms with Gasteiger partial charge in [0.1, 0.15) is 11.2 Å². The lowest BCUT2D eigenvalue weighted by Crippen LogP contribution is -2.30. The zero-order valence-electron chi connectivity index (χ0n) is 12.4. The highest BCUT2D eigenvalue weighted by Gasteiger charge is 2.34. The Morgan fingerprint density at radius 1 is 1.12 bits per heavy atom. The second-order valence-electron chi connectivity index (χ2n) is 5.36. The van der Waals surface area contributed by atoms with Gasteiger partial charge in [-0.2, -0.15) is 13.2 Å². The maximum absolute atomic E-state index is 13.4. The first kappa shape index (κ1) is 16.8. The van der Waals surface area contributed by atoms with E-state index in [9.17, 15) is 22.4 Å². The number of hydrogen-bond donors (Lipinski definition) is 0. The molecule has 2 nitrogen and oxygen atoms in total. The molecule has 7 heteroatoms. The molecule has 126 valence electrons. The number of halogens is 4. The molecule has 1 atom stereocenters. The normalized spacial score (nSPS) is 18.0. The fourth-order valence-corrected chi connectivity index (χ4v) is 3.85. The van der Waals surface area contributed by atoms with Gasteiger partial charge in [0.05, 0.1) is 5.56 Å². The fraction of sp³-hybridized carbons (Fsp3) is 0.235. The monoisotopic (exact) mass is 355 g/mol. The van der Waals surface area contributed by atoms with E-state index in [1.807, 2.05) is 0 Å². The van der Waals surface area contributed by atoms with E-state index in [-0.39, 0.29) is 5.56 Å². The summed E-state index contributed by atoms with van der Waals surface area (Å²) in [6.45, 7) is 0.404. The molecule has 0 aliphatic carbocycles. The third-order valence-corrected chi connectivity index (χ3v) is 4.98. The number of carbonyl (C=O) groups excluding carboxylic acids is 1. The number of rotatable bonds is 2. The predicted octanol–water partition coefficient (Wildman–Crippen LogP) is 4.73. The van der Waals surface area contributed by atoms with Crippen LogP contribution in [-0.2, 0) is 6.18 Å². The van der Waals surface area contributed by atoms with E-state index < -0.39 is 28.8 Å². The lowest BCUT2D eigenvalue weighted by Gasteiger charge is -2.24. The highest BCUT2D eigenvalue weighted by atomic mass is 32.2. The highest BCUT2D eigenvalue weighted by molar-refractivity contribution is 7.99. The van der Waals surface area contributed by atoms with E-state index in [1.165, 1.54) is 40.9 Å². The van der Waals surface area contributed by atoms with Gasteiger partial charge in [0.2, 0.25) is 0 Å². The summed E-state index contributed by atoms with van der Waals surface area (Å²) in [5.74, 6) is -0.252. The Morgan fingerprint density at radius 2 is 1.88 bits per heavy atom. The zero-order valence-corrected chi connectivity index (χ0v) is 13.2. The molecule has 0 spiro atoms. The molecule has 24 heavy (non-hydrogen) atoms. The van der Waals surface area contributed by atoms with Crippen LogP contribution >= 0.6 is 11.8 Å². The van der Waals surface area contributed by atoms with Gasteiger partial charge in [-0.05, 0) is 35.9 Å². The predicted molar refractivity (Wildman–Crippen MR) is 84.1 cm³/mol. The zero-order chi connectivity index (χ0) is 17.3. The summed E-state index contributed by atoms with van der Waals surface area (Å²) in [6.07, 6.45) is -4.50. The maximum Gasteiger partial charge on any atom is 0.416 e. The van der Waals surface area contributed by atoms with Gasteiger partial charge in [-0.1, -0.05) is 18.2 Å². The third kappa shape index (κ3) is 3.40. The largest absolute Gasteiger partial charge is 0.416 e. The molecule has 1 aliphatic rings. The van der Waals surface area contributed by atoms with Crippen molar-refractivity contribution >= 4 is 17.7 Å². The van der Waals surface area contributed by atoms with Gasteiger partial charge in [0.15, 0.2) is 0 Å². The van der Waals surface area contributed by atoms with Crippen LogP contribution < -0.4 is 0 Å². The van der Waals surface area contributed by atoms with E-state index in [1.54, 1.807) is 12.1 Å². The van der Waals surface area contributed by atoms with Crippen molar-refractivity contribution in [2.75, 3.05) is 12.3 Å². The first-order valence-corrected chi connectivity index (χ1v) is 8.26. The van der Waals surface area contributed by atoms with Crippen LogP contribution in [0.2, 0.25) is 0 Å². The van der Waals surface area contributed by atoms with E-state index >= 15 is 0 Å².